The maximum absolute atomic E-state index is 14.1. The summed E-state index contributed by atoms with van der Waals surface area (Å²) in [6.45, 7) is 6.23. The normalized spacial score (nSPS) is 22.8. The Balaban J connectivity index is 1.34. The molecule has 12 heteroatoms. The van der Waals surface area contributed by atoms with Crippen LogP contribution in [-0.2, 0) is 17.8 Å². The van der Waals surface area contributed by atoms with E-state index in [9.17, 15) is 18.8 Å². The maximum atomic E-state index is 14.1. The van der Waals surface area contributed by atoms with Gasteiger partial charge in [-0.2, -0.15) is 15.2 Å². The Bertz CT molecular complexity index is 1680. The van der Waals surface area contributed by atoms with Gasteiger partial charge in [-0.05, 0) is 50.9 Å². The van der Waals surface area contributed by atoms with E-state index in [0.717, 1.165) is 27.7 Å². The van der Waals surface area contributed by atoms with Gasteiger partial charge in [-0.3, -0.25) is 4.79 Å². The maximum Gasteiger partial charge on any atom is 0.318 e. The van der Waals surface area contributed by atoms with E-state index in [0.29, 0.717) is 62.8 Å². The van der Waals surface area contributed by atoms with Crippen molar-refractivity contribution in [1.82, 2.24) is 19.8 Å². The standard InChI is InChI=1S/C34H38ClF2N7O2/c1-22(36)32(45)44-15-14-43(18-25(44)10-12-38)31-26-11-13-42(29-9-5-7-23-6-4-8-27(35)30(23)29)19-28(26)39-33(40-31)46-21-34(20-41(2)3)16-24(37)17-34/h4-9,24-25H,1,10-11,13-21H2,2-3H3. The molecule has 46 heavy (non-hydrogen) atoms. The molecule has 0 bridgehead atoms. The molecule has 1 atom stereocenters. The summed E-state index contributed by atoms with van der Waals surface area (Å²) in [5.74, 6) is -1.16. The molecule has 1 saturated carbocycles. The zero-order valence-corrected chi connectivity index (χ0v) is 26.9. The fourth-order valence-corrected chi connectivity index (χ4v) is 7.55. The van der Waals surface area contributed by atoms with Crippen molar-refractivity contribution < 1.29 is 18.3 Å². The van der Waals surface area contributed by atoms with Gasteiger partial charge in [-0.25, -0.2) is 8.78 Å². The van der Waals surface area contributed by atoms with Crippen LogP contribution in [0.3, 0.4) is 0 Å². The van der Waals surface area contributed by atoms with Gasteiger partial charge < -0.3 is 24.3 Å². The van der Waals surface area contributed by atoms with Crippen LogP contribution in [-0.4, -0.2) is 91.3 Å². The second-order valence-electron chi connectivity index (χ2n) is 12.9. The number of hydrogen-bond acceptors (Lipinski definition) is 8. The number of anilines is 2. The summed E-state index contributed by atoms with van der Waals surface area (Å²) in [6, 6.07) is 13.8. The van der Waals surface area contributed by atoms with Crippen molar-refractivity contribution in [3.05, 3.63) is 65.1 Å². The molecule has 6 rings (SSSR count). The molecule has 2 fully saturated rings. The highest BCUT2D eigenvalue weighted by Crippen LogP contribution is 2.44. The Hall–Kier alpha value is -4.01. The summed E-state index contributed by atoms with van der Waals surface area (Å²) in [4.78, 5) is 30.1. The highest BCUT2D eigenvalue weighted by Gasteiger charge is 2.46. The third kappa shape index (κ3) is 6.33. The van der Waals surface area contributed by atoms with Gasteiger partial charge in [0.25, 0.3) is 5.91 Å². The van der Waals surface area contributed by atoms with E-state index < -0.39 is 23.9 Å². The monoisotopic (exact) mass is 649 g/mol. The quantitative estimate of drug-likeness (QED) is 0.288. The van der Waals surface area contributed by atoms with E-state index in [1.165, 1.54) is 4.90 Å². The number of ether oxygens (including phenoxy) is 1. The van der Waals surface area contributed by atoms with Gasteiger partial charge >= 0.3 is 6.01 Å². The minimum Gasteiger partial charge on any atom is -0.463 e. The second-order valence-corrected chi connectivity index (χ2v) is 13.3. The smallest absolute Gasteiger partial charge is 0.318 e. The van der Waals surface area contributed by atoms with E-state index in [2.05, 4.69) is 23.6 Å². The zero-order chi connectivity index (χ0) is 32.6. The second kappa shape index (κ2) is 13.0. The molecule has 1 aromatic heterocycles. The summed E-state index contributed by atoms with van der Waals surface area (Å²) in [6.07, 6.45) is 0.679. The van der Waals surface area contributed by atoms with Crippen LogP contribution < -0.4 is 14.5 Å². The number of fused-ring (bicyclic) bond motifs is 2. The van der Waals surface area contributed by atoms with Crippen molar-refractivity contribution in [2.24, 2.45) is 5.41 Å². The minimum absolute atomic E-state index is 0.0409. The van der Waals surface area contributed by atoms with Crippen molar-refractivity contribution in [3.63, 3.8) is 0 Å². The number of amides is 1. The summed E-state index contributed by atoms with van der Waals surface area (Å²) in [5, 5.41) is 12.2. The number of carbonyl (C=O) groups is 1. The van der Waals surface area contributed by atoms with Gasteiger partial charge in [0.05, 0.1) is 42.4 Å². The van der Waals surface area contributed by atoms with Crippen LogP contribution in [0.1, 0.15) is 30.5 Å². The fourth-order valence-electron chi connectivity index (χ4n) is 7.27. The summed E-state index contributed by atoms with van der Waals surface area (Å²) < 4.78 is 34.2. The number of halogens is 3. The van der Waals surface area contributed by atoms with Crippen LogP contribution in [0, 0.1) is 16.7 Å². The lowest BCUT2D eigenvalue weighted by molar-refractivity contribution is -0.131. The molecule has 1 saturated heterocycles. The Kier molecular flexibility index (Phi) is 9.03. The molecule has 9 nitrogen and oxygen atoms in total. The van der Waals surface area contributed by atoms with Crippen molar-refractivity contribution in [2.45, 2.75) is 44.4 Å². The third-order valence-corrected chi connectivity index (χ3v) is 9.58. The molecule has 2 aromatic carbocycles. The van der Waals surface area contributed by atoms with Crippen LogP contribution in [0.15, 0.2) is 48.8 Å². The largest absolute Gasteiger partial charge is 0.463 e. The van der Waals surface area contributed by atoms with Gasteiger partial charge in [-0.1, -0.05) is 42.4 Å². The highest BCUT2D eigenvalue weighted by atomic mass is 35.5. The van der Waals surface area contributed by atoms with E-state index >= 15 is 0 Å². The van der Waals surface area contributed by atoms with Gasteiger partial charge in [0.2, 0.25) is 0 Å². The van der Waals surface area contributed by atoms with E-state index in [4.69, 9.17) is 26.3 Å². The molecule has 0 N–H and O–H groups in total. The van der Waals surface area contributed by atoms with Gasteiger partial charge in [-0.15, -0.1) is 0 Å². The van der Waals surface area contributed by atoms with Crippen LogP contribution in [0.4, 0.5) is 20.3 Å². The predicted octanol–water partition coefficient (Wildman–Crippen LogP) is 5.32. The molecular weight excluding hydrogens is 612 g/mol. The summed E-state index contributed by atoms with van der Waals surface area (Å²) in [7, 11) is 3.93. The van der Waals surface area contributed by atoms with E-state index in [1.807, 2.05) is 54.2 Å². The average molecular weight is 650 g/mol. The predicted molar refractivity (Wildman–Crippen MR) is 175 cm³/mol. The summed E-state index contributed by atoms with van der Waals surface area (Å²) in [5.41, 5.74) is 2.46. The lowest BCUT2D eigenvalue weighted by Gasteiger charge is -2.45. The van der Waals surface area contributed by atoms with Crippen molar-refractivity contribution in [2.75, 3.05) is 63.2 Å². The molecule has 1 amide bonds. The molecule has 3 heterocycles. The van der Waals surface area contributed by atoms with E-state index in [-0.39, 0.29) is 31.0 Å². The first-order valence-corrected chi connectivity index (χ1v) is 16.0. The molecule has 242 valence electrons. The Labute approximate surface area is 273 Å². The zero-order valence-electron chi connectivity index (χ0n) is 26.2. The number of aromatic nitrogens is 2. The van der Waals surface area contributed by atoms with Crippen LogP contribution in [0.2, 0.25) is 5.02 Å². The summed E-state index contributed by atoms with van der Waals surface area (Å²) >= 11 is 6.69. The number of piperazine rings is 1. The fraction of sp³-hybridized carbons (Fsp3) is 0.471. The van der Waals surface area contributed by atoms with Gasteiger partial charge in [0.1, 0.15) is 12.0 Å². The molecule has 2 aliphatic heterocycles. The Morgan fingerprint density at radius 1 is 1.17 bits per heavy atom. The number of alkyl halides is 1. The Morgan fingerprint density at radius 2 is 1.93 bits per heavy atom. The van der Waals surface area contributed by atoms with Crippen molar-refractivity contribution in [1.29, 1.82) is 5.26 Å². The molecule has 3 aromatic rings. The molecule has 1 unspecified atom stereocenters. The number of hydrogen-bond donors (Lipinski definition) is 0. The SMILES string of the molecule is C=C(F)C(=O)N1CCN(c2nc(OCC3(CN(C)C)CC(F)C3)nc3c2CCN(c2cccc4cccc(Cl)c24)C3)CC1CC#N. The first kappa shape index (κ1) is 32.0. The first-order valence-electron chi connectivity index (χ1n) is 15.6. The van der Waals surface area contributed by atoms with Crippen LogP contribution in [0.5, 0.6) is 6.01 Å². The lowest BCUT2D eigenvalue weighted by atomic mass is 9.67. The van der Waals surface area contributed by atoms with Gasteiger partial charge in [0.15, 0.2) is 5.83 Å². The molecule has 3 aliphatic rings. The van der Waals surface area contributed by atoms with Crippen molar-refractivity contribution >= 4 is 39.8 Å². The Morgan fingerprint density at radius 3 is 2.63 bits per heavy atom. The van der Waals surface area contributed by atoms with Crippen LogP contribution >= 0.6 is 11.6 Å². The number of benzene rings is 2. The van der Waals surface area contributed by atoms with Gasteiger partial charge in [0, 0.05) is 54.8 Å². The van der Waals surface area contributed by atoms with Crippen LogP contribution in [0.25, 0.3) is 10.8 Å². The lowest BCUT2D eigenvalue weighted by Crippen LogP contribution is -2.55. The van der Waals surface area contributed by atoms with E-state index in [1.54, 1.807) is 0 Å². The molecule has 1 aliphatic carbocycles. The highest BCUT2D eigenvalue weighted by molar-refractivity contribution is 6.36. The first-order chi connectivity index (χ1) is 22.1. The number of nitrogens with zero attached hydrogens (tertiary/aromatic N) is 7. The number of rotatable bonds is 9. The van der Waals surface area contributed by atoms with Crippen molar-refractivity contribution in [3.8, 4) is 12.1 Å². The number of carbonyl (C=O) groups excluding carboxylic acids is 1. The number of nitriles is 1. The molecular formula is C34H38ClF2N7O2. The minimum atomic E-state index is -1.04. The molecule has 0 radical (unpaired) electrons. The topological polar surface area (TPSA) is 88.8 Å². The average Bonchev–Trinajstić information content (AvgIpc) is 3.01. The third-order valence-electron chi connectivity index (χ3n) is 9.27. The molecule has 0 spiro atoms.